The summed E-state index contributed by atoms with van der Waals surface area (Å²) < 4.78 is 42.2. The number of carbonyl (C=O) groups excluding carboxylic acids is 1. The standard InChI is InChI=1S/C9H12F3N3O2/c1-2-17-8(16)13-4-6-15-5-3-7(14-15)9(10,11)12/h3,5H,2,4,6H2,1H3,(H,13,16). The number of rotatable bonds is 4. The summed E-state index contributed by atoms with van der Waals surface area (Å²) in [6, 6.07) is 0.879. The lowest BCUT2D eigenvalue weighted by Gasteiger charge is -2.05. The van der Waals surface area contributed by atoms with Gasteiger partial charge in [0.25, 0.3) is 0 Å². The third kappa shape index (κ3) is 4.33. The number of aromatic nitrogens is 2. The Bertz CT molecular complexity index is 376. The van der Waals surface area contributed by atoms with Crippen molar-refractivity contribution < 1.29 is 22.7 Å². The van der Waals surface area contributed by atoms with Crippen molar-refractivity contribution in [3.05, 3.63) is 18.0 Å². The summed E-state index contributed by atoms with van der Waals surface area (Å²) in [6.45, 7) is 2.20. The van der Waals surface area contributed by atoms with Gasteiger partial charge in [0.05, 0.1) is 13.2 Å². The number of alkyl carbamates (subject to hydrolysis) is 1. The molecule has 0 unspecified atom stereocenters. The van der Waals surface area contributed by atoms with Gasteiger partial charge in [-0.05, 0) is 13.0 Å². The van der Waals surface area contributed by atoms with Gasteiger partial charge in [-0.3, -0.25) is 4.68 Å². The van der Waals surface area contributed by atoms with Crippen molar-refractivity contribution in [3.8, 4) is 0 Å². The van der Waals surface area contributed by atoms with E-state index >= 15 is 0 Å². The van der Waals surface area contributed by atoms with E-state index in [9.17, 15) is 18.0 Å². The first-order chi connectivity index (χ1) is 7.93. The number of ether oxygens (including phenoxy) is 1. The number of nitrogens with zero attached hydrogens (tertiary/aromatic N) is 2. The number of hydrogen-bond acceptors (Lipinski definition) is 3. The fourth-order valence-electron chi connectivity index (χ4n) is 1.09. The monoisotopic (exact) mass is 251 g/mol. The largest absolute Gasteiger partial charge is 0.450 e. The number of carbonyl (C=O) groups is 1. The molecule has 0 aliphatic heterocycles. The summed E-state index contributed by atoms with van der Waals surface area (Å²) in [7, 11) is 0. The van der Waals surface area contributed by atoms with Crippen LogP contribution in [-0.4, -0.2) is 29.0 Å². The molecule has 0 spiro atoms. The lowest BCUT2D eigenvalue weighted by atomic mass is 10.4. The molecule has 1 amide bonds. The molecule has 1 rings (SSSR count). The molecule has 8 heteroatoms. The van der Waals surface area contributed by atoms with E-state index in [1.54, 1.807) is 6.92 Å². The van der Waals surface area contributed by atoms with E-state index in [4.69, 9.17) is 0 Å². The van der Waals surface area contributed by atoms with Crippen LogP contribution in [0.3, 0.4) is 0 Å². The van der Waals surface area contributed by atoms with E-state index in [2.05, 4.69) is 15.2 Å². The van der Waals surface area contributed by atoms with Crippen LogP contribution in [0.5, 0.6) is 0 Å². The first-order valence-electron chi connectivity index (χ1n) is 4.94. The smallest absolute Gasteiger partial charge is 0.435 e. The predicted octanol–water partition coefficient (Wildman–Crippen LogP) is 1.65. The molecule has 0 aromatic carbocycles. The van der Waals surface area contributed by atoms with Crippen molar-refractivity contribution in [2.45, 2.75) is 19.6 Å². The van der Waals surface area contributed by atoms with E-state index < -0.39 is 18.0 Å². The zero-order valence-electron chi connectivity index (χ0n) is 9.12. The Balaban J connectivity index is 2.38. The predicted molar refractivity (Wildman–Crippen MR) is 52.3 cm³/mol. The van der Waals surface area contributed by atoms with Crippen LogP contribution in [0.25, 0.3) is 0 Å². The van der Waals surface area contributed by atoms with Gasteiger partial charge in [-0.15, -0.1) is 0 Å². The Kier molecular flexibility index (Phi) is 4.36. The molecule has 0 saturated carbocycles. The van der Waals surface area contributed by atoms with Crippen molar-refractivity contribution >= 4 is 6.09 Å². The maximum Gasteiger partial charge on any atom is 0.435 e. The summed E-state index contributed by atoms with van der Waals surface area (Å²) >= 11 is 0. The van der Waals surface area contributed by atoms with E-state index in [1.165, 1.54) is 6.20 Å². The first kappa shape index (κ1) is 13.3. The van der Waals surface area contributed by atoms with Gasteiger partial charge in [-0.25, -0.2) is 4.79 Å². The average Bonchev–Trinajstić information content (AvgIpc) is 2.66. The van der Waals surface area contributed by atoms with Gasteiger partial charge in [0.15, 0.2) is 5.69 Å². The molecule has 1 heterocycles. The Morgan fingerprint density at radius 2 is 2.29 bits per heavy atom. The Hall–Kier alpha value is -1.73. The minimum Gasteiger partial charge on any atom is -0.450 e. The van der Waals surface area contributed by atoms with E-state index in [1.807, 2.05) is 0 Å². The summed E-state index contributed by atoms with van der Waals surface area (Å²) in [5.74, 6) is 0. The van der Waals surface area contributed by atoms with Crippen LogP contribution in [-0.2, 0) is 17.5 Å². The molecule has 96 valence electrons. The highest BCUT2D eigenvalue weighted by atomic mass is 19.4. The van der Waals surface area contributed by atoms with Crippen LogP contribution in [0.4, 0.5) is 18.0 Å². The topological polar surface area (TPSA) is 56.1 Å². The highest BCUT2D eigenvalue weighted by molar-refractivity contribution is 5.66. The molecule has 0 aliphatic rings. The van der Waals surface area contributed by atoms with E-state index in [0.717, 1.165) is 10.7 Å². The van der Waals surface area contributed by atoms with Gasteiger partial charge < -0.3 is 10.1 Å². The SMILES string of the molecule is CCOC(=O)NCCn1ccc(C(F)(F)F)n1. The van der Waals surface area contributed by atoms with Crippen LogP contribution in [0, 0.1) is 0 Å². The van der Waals surface area contributed by atoms with Crippen LogP contribution in [0.15, 0.2) is 12.3 Å². The molecule has 0 fully saturated rings. The molecule has 1 aromatic rings. The van der Waals surface area contributed by atoms with Crippen molar-refractivity contribution in [3.63, 3.8) is 0 Å². The summed E-state index contributed by atoms with van der Waals surface area (Å²) in [5, 5.41) is 5.70. The van der Waals surface area contributed by atoms with Crippen molar-refractivity contribution in [1.82, 2.24) is 15.1 Å². The molecule has 1 N–H and O–H groups in total. The minimum absolute atomic E-state index is 0.148. The number of hydrogen-bond donors (Lipinski definition) is 1. The van der Waals surface area contributed by atoms with Gasteiger partial charge in [-0.1, -0.05) is 0 Å². The highest BCUT2D eigenvalue weighted by Gasteiger charge is 2.33. The van der Waals surface area contributed by atoms with Gasteiger partial charge in [-0.2, -0.15) is 18.3 Å². The molecule has 0 radical (unpaired) electrons. The zero-order chi connectivity index (χ0) is 12.9. The first-order valence-corrected chi connectivity index (χ1v) is 4.94. The third-order valence-corrected chi connectivity index (χ3v) is 1.82. The van der Waals surface area contributed by atoms with Gasteiger partial charge >= 0.3 is 12.3 Å². The second-order valence-electron chi connectivity index (χ2n) is 3.11. The molecule has 0 saturated heterocycles. The van der Waals surface area contributed by atoms with Gasteiger partial charge in [0, 0.05) is 12.7 Å². The fraction of sp³-hybridized carbons (Fsp3) is 0.556. The number of amides is 1. The number of alkyl halides is 3. The Morgan fingerprint density at radius 3 is 2.82 bits per heavy atom. The van der Waals surface area contributed by atoms with Crippen LogP contribution in [0.1, 0.15) is 12.6 Å². The average molecular weight is 251 g/mol. The van der Waals surface area contributed by atoms with Crippen LogP contribution in [0.2, 0.25) is 0 Å². The second kappa shape index (κ2) is 5.55. The lowest BCUT2D eigenvalue weighted by Crippen LogP contribution is -2.28. The molecular formula is C9H12F3N3O2. The molecule has 5 nitrogen and oxygen atoms in total. The summed E-state index contributed by atoms with van der Waals surface area (Å²) in [6.07, 6.45) is -3.84. The normalized spacial score (nSPS) is 11.3. The van der Waals surface area contributed by atoms with Gasteiger partial charge in [0.1, 0.15) is 0 Å². The van der Waals surface area contributed by atoms with Crippen molar-refractivity contribution in [2.75, 3.05) is 13.2 Å². The highest BCUT2D eigenvalue weighted by Crippen LogP contribution is 2.26. The van der Waals surface area contributed by atoms with E-state index in [0.29, 0.717) is 0 Å². The minimum atomic E-state index is -4.44. The molecule has 0 atom stereocenters. The Labute approximate surface area is 95.5 Å². The lowest BCUT2D eigenvalue weighted by molar-refractivity contribution is -0.141. The third-order valence-electron chi connectivity index (χ3n) is 1.82. The quantitative estimate of drug-likeness (QED) is 0.885. The van der Waals surface area contributed by atoms with Crippen LogP contribution < -0.4 is 5.32 Å². The number of halogens is 3. The molecule has 1 aromatic heterocycles. The van der Waals surface area contributed by atoms with Crippen LogP contribution >= 0.6 is 0 Å². The van der Waals surface area contributed by atoms with E-state index in [-0.39, 0.29) is 19.7 Å². The maximum atomic E-state index is 12.2. The molecule has 17 heavy (non-hydrogen) atoms. The maximum absolute atomic E-state index is 12.2. The van der Waals surface area contributed by atoms with Crippen molar-refractivity contribution in [1.29, 1.82) is 0 Å². The Morgan fingerprint density at radius 1 is 1.59 bits per heavy atom. The molecule has 0 bridgehead atoms. The van der Waals surface area contributed by atoms with Crippen molar-refractivity contribution in [2.24, 2.45) is 0 Å². The summed E-state index contributed by atoms with van der Waals surface area (Å²) in [5.41, 5.74) is -0.950. The molecule has 0 aliphatic carbocycles. The van der Waals surface area contributed by atoms with Gasteiger partial charge in [0.2, 0.25) is 0 Å². The number of nitrogens with one attached hydrogen (secondary N) is 1. The second-order valence-corrected chi connectivity index (χ2v) is 3.11. The fourth-order valence-corrected chi connectivity index (χ4v) is 1.09. The summed E-state index contributed by atoms with van der Waals surface area (Å²) in [4.78, 5) is 10.9. The molecular weight excluding hydrogens is 239 g/mol. The zero-order valence-corrected chi connectivity index (χ0v) is 9.12.